The van der Waals surface area contributed by atoms with Gasteiger partial charge in [-0.05, 0) is 24.4 Å². The van der Waals surface area contributed by atoms with Crippen LogP contribution in [0.15, 0.2) is 39.9 Å². The predicted molar refractivity (Wildman–Crippen MR) is 76.1 cm³/mol. The molecular weight excluding hydrogens is 282 g/mol. The molecule has 2 aromatic rings. The Labute approximate surface area is 117 Å². The zero-order valence-electron chi connectivity index (χ0n) is 10.7. The Bertz CT molecular complexity index is 649. The lowest BCUT2D eigenvalue weighted by atomic mass is 10.1. The molecule has 1 heterocycles. The number of hydrogen-bond acceptors (Lipinski definition) is 4. The Morgan fingerprint density at radius 2 is 2.11 bits per heavy atom. The third-order valence-electron chi connectivity index (χ3n) is 2.65. The minimum atomic E-state index is -3.44. The van der Waals surface area contributed by atoms with E-state index >= 15 is 0 Å². The van der Waals surface area contributed by atoms with E-state index in [1.165, 1.54) is 11.3 Å². The van der Waals surface area contributed by atoms with Crippen LogP contribution in [0.5, 0.6) is 5.75 Å². The third kappa shape index (κ3) is 3.34. The van der Waals surface area contributed by atoms with Gasteiger partial charge in [-0.15, -0.1) is 11.3 Å². The molecule has 19 heavy (non-hydrogen) atoms. The number of rotatable bonds is 5. The molecule has 0 bridgehead atoms. The third-order valence-corrected chi connectivity index (χ3v) is 5.45. The summed E-state index contributed by atoms with van der Waals surface area (Å²) in [7, 11) is -1.87. The first-order chi connectivity index (χ1) is 9.03. The molecular formula is C13H15NO3S2. The highest BCUT2D eigenvalue weighted by atomic mass is 32.2. The second-order valence-electron chi connectivity index (χ2n) is 4.07. The fraction of sp³-hybridized carbons (Fsp3) is 0.231. The summed E-state index contributed by atoms with van der Waals surface area (Å²) in [6, 6.07) is 8.98. The molecule has 0 atom stereocenters. The van der Waals surface area contributed by atoms with Crippen LogP contribution < -0.4 is 9.46 Å². The standard InChI is InChI=1S/C13H15NO3S2/c1-10-5-6-12(17-2)11(8-10)9-14-19(15,16)13-4-3-7-18-13/h3-8,14H,9H2,1-2H3. The smallest absolute Gasteiger partial charge is 0.250 e. The monoisotopic (exact) mass is 297 g/mol. The molecule has 0 aliphatic carbocycles. The van der Waals surface area contributed by atoms with Crippen LogP contribution in [0.4, 0.5) is 0 Å². The molecule has 1 aromatic carbocycles. The van der Waals surface area contributed by atoms with Crippen LogP contribution >= 0.6 is 11.3 Å². The van der Waals surface area contributed by atoms with E-state index in [-0.39, 0.29) is 6.54 Å². The molecule has 1 aromatic heterocycles. The maximum absolute atomic E-state index is 12.0. The number of methoxy groups -OCH3 is 1. The molecule has 6 heteroatoms. The van der Waals surface area contributed by atoms with Crippen molar-refractivity contribution in [2.75, 3.05) is 7.11 Å². The summed E-state index contributed by atoms with van der Waals surface area (Å²) < 4.78 is 32.1. The molecule has 0 unspecified atom stereocenters. The maximum Gasteiger partial charge on any atom is 0.250 e. The van der Waals surface area contributed by atoms with Gasteiger partial charge in [-0.1, -0.05) is 23.8 Å². The topological polar surface area (TPSA) is 55.4 Å². The van der Waals surface area contributed by atoms with Crippen LogP contribution in [0.25, 0.3) is 0 Å². The molecule has 0 saturated carbocycles. The molecule has 0 fully saturated rings. The van der Waals surface area contributed by atoms with Crippen LogP contribution in [-0.4, -0.2) is 15.5 Å². The van der Waals surface area contributed by atoms with Crippen molar-refractivity contribution < 1.29 is 13.2 Å². The van der Waals surface area contributed by atoms with Gasteiger partial charge < -0.3 is 4.74 Å². The molecule has 0 saturated heterocycles. The molecule has 0 radical (unpaired) electrons. The van der Waals surface area contributed by atoms with E-state index in [4.69, 9.17) is 4.74 Å². The summed E-state index contributed by atoms with van der Waals surface area (Å²) in [4.78, 5) is 0. The van der Waals surface area contributed by atoms with Gasteiger partial charge in [0, 0.05) is 12.1 Å². The van der Waals surface area contributed by atoms with E-state index in [9.17, 15) is 8.42 Å². The minimum absolute atomic E-state index is 0.213. The second kappa shape index (κ2) is 5.73. The number of nitrogens with one attached hydrogen (secondary N) is 1. The quantitative estimate of drug-likeness (QED) is 0.922. The van der Waals surface area contributed by atoms with E-state index in [2.05, 4.69) is 4.72 Å². The zero-order chi connectivity index (χ0) is 13.9. The summed E-state index contributed by atoms with van der Waals surface area (Å²) in [6.07, 6.45) is 0. The number of ether oxygens (including phenoxy) is 1. The van der Waals surface area contributed by atoms with Crippen molar-refractivity contribution in [3.8, 4) is 5.75 Å². The Morgan fingerprint density at radius 3 is 2.74 bits per heavy atom. The van der Waals surface area contributed by atoms with Crippen molar-refractivity contribution in [2.24, 2.45) is 0 Å². The molecule has 0 spiro atoms. The second-order valence-corrected chi connectivity index (χ2v) is 7.01. The van der Waals surface area contributed by atoms with Gasteiger partial charge in [0.1, 0.15) is 9.96 Å². The molecule has 0 amide bonds. The van der Waals surface area contributed by atoms with Gasteiger partial charge in [-0.2, -0.15) is 0 Å². The zero-order valence-corrected chi connectivity index (χ0v) is 12.3. The lowest BCUT2D eigenvalue weighted by Gasteiger charge is -2.10. The number of hydrogen-bond donors (Lipinski definition) is 1. The normalized spacial score (nSPS) is 11.5. The highest BCUT2D eigenvalue weighted by Gasteiger charge is 2.15. The lowest BCUT2D eigenvalue weighted by molar-refractivity contribution is 0.409. The fourth-order valence-electron chi connectivity index (χ4n) is 1.71. The van der Waals surface area contributed by atoms with Crippen LogP contribution in [0, 0.1) is 6.92 Å². The Kier molecular flexibility index (Phi) is 4.24. The molecule has 0 aliphatic heterocycles. The number of sulfonamides is 1. The number of aryl methyl sites for hydroxylation is 1. The summed E-state index contributed by atoms with van der Waals surface area (Å²) in [5.41, 5.74) is 1.88. The molecule has 102 valence electrons. The van der Waals surface area contributed by atoms with Gasteiger partial charge in [-0.3, -0.25) is 0 Å². The van der Waals surface area contributed by atoms with Gasteiger partial charge in [0.05, 0.1) is 7.11 Å². The van der Waals surface area contributed by atoms with Crippen molar-refractivity contribution in [1.29, 1.82) is 0 Å². The Balaban J connectivity index is 2.17. The summed E-state index contributed by atoms with van der Waals surface area (Å²) in [5, 5.41) is 1.74. The summed E-state index contributed by atoms with van der Waals surface area (Å²) in [5.74, 6) is 0.680. The van der Waals surface area contributed by atoms with E-state index in [0.717, 1.165) is 11.1 Å². The number of thiophene rings is 1. The predicted octanol–water partition coefficient (Wildman–Crippen LogP) is 2.54. The summed E-state index contributed by atoms with van der Waals surface area (Å²) >= 11 is 1.20. The van der Waals surface area contributed by atoms with E-state index in [1.54, 1.807) is 24.6 Å². The van der Waals surface area contributed by atoms with Gasteiger partial charge in [0.2, 0.25) is 10.0 Å². The average Bonchev–Trinajstić information content (AvgIpc) is 2.91. The van der Waals surface area contributed by atoms with Gasteiger partial charge in [-0.25, -0.2) is 13.1 Å². The highest BCUT2D eigenvalue weighted by Crippen LogP contribution is 2.21. The van der Waals surface area contributed by atoms with Crippen LogP contribution in [0.1, 0.15) is 11.1 Å². The van der Waals surface area contributed by atoms with Crippen LogP contribution in [0.3, 0.4) is 0 Å². The SMILES string of the molecule is COc1ccc(C)cc1CNS(=O)(=O)c1cccs1. The molecule has 0 aliphatic rings. The van der Waals surface area contributed by atoms with Crippen molar-refractivity contribution in [3.05, 3.63) is 46.8 Å². The first-order valence-corrected chi connectivity index (χ1v) is 8.06. The number of benzene rings is 1. The summed E-state index contributed by atoms with van der Waals surface area (Å²) in [6.45, 7) is 2.17. The van der Waals surface area contributed by atoms with Crippen LogP contribution in [-0.2, 0) is 16.6 Å². The molecule has 1 N–H and O–H groups in total. The largest absolute Gasteiger partial charge is 0.496 e. The van der Waals surface area contributed by atoms with Crippen molar-refractivity contribution >= 4 is 21.4 Å². The Hall–Kier alpha value is -1.37. The minimum Gasteiger partial charge on any atom is -0.496 e. The van der Waals surface area contributed by atoms with Crippen molar-refractivity contribution in [3.63, 3.8) is 0 Å². The van der Waals surface area contributed by atoms with Crippen LogP contribution in [0.2, 0.25) is 0 Å². The molecule has 2 rings (SSSR count). The lowest BCUT2D eigenvalue weighted by Crippen LogP contribution is -2.22. The van der Waals surface area contributed by atoms with E-state index < -0.39 is 10.0 Å². The van der Waals surface area contributed by atoms with Gasteiger partial charge >= 0.3 is 0 Å². The van der Waals surface area contributed by atoms with Gasteiger partial charge in [0.15, 0.2) is 0 Å². The highest BCUT2D eigenvalue weighted by molar-refractivity contribution is 7.91. The van der Waals surface area contributed by atoms with Gasteiger partial charge in [0.25, 0.3) is 0 Å². The average molecular weight is 297 g/mol. The Morgan fingerprint density at radius 1 is 1.32 bits per heavy atom. The van der Waals surface area contributed by atoms with Crippen molar-refractivity contribution in [2.45, 2.75) is 17.7 Å². The maximum atomic E-state index is 12.0. The van der Waals surface area contributed by atoms with E-state index in [0.29, 0.717) is 9.96 Å². The molecule has 4 nitrogen and oxygen atoms in total. The van der Waals surface area contributed by atoms with E-state index in [1.807, 2.05) is 25.1 Å². The first-order valence-electron chi connectivity index (χ1n) is 5.69. The fourth-order valence-corrected chi connectivity index (χ4v) is 3.75. The first kappa shape index (κ1) is 14.0. The van der Waals surface area contributed by atoms with Crippen molar-refractivity contribution in [1.82, 2.24) is 4.72 Å².